The molecule has 1 atom stereocenters. The van der Waals surface area contributed by atoms with E-state index in [1.54, 1.807) is 0 Å². The summed E-state index contributed by atoms with van der Waals surface area (Å²) in [6, 6.07) is 0. The van der Waals surface area contributed by atoms with E-state index in [4.69, 9.17) is 28.1 Å². The van der Waals surface area contributed by atoms with Crippen molar-refractivity contribution in [1.82, 2.24) is 0 Å². The monoisotopic (exact) mass is 192 g/mol. The molecule has 3 nitrogen and oxygen atoms in total. The fourth-order valence-corrected chi connectivity index (χ4v) is 1.37. The quantitative estimate of drug-likeness (QED) is 0.539. The molecule has 0 aromatic heterocycles. The van der Waals surface area contributed by atoms with E-state index in [0.29, 0.717) is 0 Å². The van der Waals surface area contributed by atoms with Crippen molar-refractivity contribution in [2.75, 3.05) is 11.8 Å². The van der Waals surface area contributed by atoms with E-state index >= 15 is 0 Å². The van der Waals surface area contributed by atoms with E-state index in [-0.39, 0.29) is 11.8 Å². The second-order valence-electron chi connectivity index (χ2n) is 1.31. The Bertz CT molecular complexity index is 95.1. The van der Waals surface area contributed by atoms with Crippen molar-refractivity contribution >= 4 is 31.5 Å². The lowest BCUT2D eigenvalue weighted by Crippen LogP contribution is -2.12. The highest BCUT2D eigenvalue weighted by Gasteiger charge is 2.07. The van der Waals surface area contributed by atoms with E-state index in [0.717, 1.165) is 0 Å². The first-order chi connectivity index (χ1) is 4.20. The average Bonchev–Trinajstić information content (AvgIpc) is 1.82. The summed E-state index contributed by atoms with van der Waals surface area (Å²) in [5.74, 6) is 0.279. The van der Waals surface area contributed by atoms with Crippen LogP contribution in [0.25, 0.3) is 0 Å². The molecule has 0 aliphatic rings. The molecule has 9 heavy (non-hydrogen) atoms. The van der Waals surface area contributed by atoms with Crippen molar-refractivity contribution in [3.63, 3.8) is 0 Å². The predicted molar refractivity (Wildman–Crippen MR) is 37.5 cm³/mol. The van der Waals surface area contributed by atoms with Crippen LogP contribution in [-0.2, 0) is 9.09 Å². The van der Waals surface area contributed by atoms with E-state index in [1.807, 2.05) is 0 Å². The highest BCUT2D eigenvalue weighted by Crippen LogP contribution is 2.19. The van der Waals surface area contributed by atoms with E-state index in [2.05, 4.69) is 4.52 Å². The maximum atomic E-state index is 9.97. The summed E-state index contributed by atoms with van der Waals surface area (Å²) in [5, 5.41) is 0. The van der Waals surface area contributed by atoms with Gasteiger partial charge in [-0.1, -0.05) is 0 Å². The van der Waals surface area contributed by atoms with Gasteiger partial charge in [0.1, 0.15) is 0 Å². The molecule has 0 aromatic carbocycles. The summed E-state index contributed by atoms with van der Waals surface area (Å²) in [4.78, 5) is 8.19. The molecule has 0 saturated heterocycles. The van der Waals surface area contributed by atoms with Crippen molar-refractivity contribution in [2.45, 2.75) is 6.10 Å². The van der Waals surface area contributed by atoms with Gasteiger partial charge in [0, 0.05) is 0 Å². The Labute approximate surface area is 63.9 Å². The third kappa shape index (κ3) is 5.19. The molecular formula is C3H7Cl2O3P. The van der Waals surface area contributed by atoms with Crippen molar-refractivity contribution in [3.8, 4) is 0 Å². The summed E-state index contributed by atoms with van der Waals surface area (Å²) in [7, 11) is -2.88. The lowest BCUT2D eigenvalue weighted by atomic mass is 10.5. The summed E-state index contributed by atoms with van der Waals surface area (Å²) in [5.41, 5.74) is 0. The van der Waals surface area contributed by atoms with Crippen LogP contribution in [0.15, 0.2) is 0 Å². The Kier molecular flexibility index (Phi) is 5.96. The summed E-state index contributed by atoms with van der Waals surface area (Å²) >= 11 is 10.5. The van der Waals surface area contributed by atoms with Gasteiger partial charge in [0.25, 0.3) is 0 Å². The number of hydrogen-bond acceptors (Lipinski definition) is 2. The predicted octanol–water partition coefficient (Wildman–Crippen LogP) is 1.23. The number of alkyl halides is 2. The van der Waals surface area contributed by atoms with Gasteiger partial charge in [-0.2, -0.15) is 0 Å². The minimum Gasteiger partial charge on any atom is -0.326 e. The fourth-order valence-electron chi connectivity index (χ4n) is 0.247. The molecule has 0 amide bonds. The van der Waals surface area contributed by atoms with Crippen LogP contribution in [0.1, 0.15) is 0 Å². The largest absolute Gasteiger partial charge is 0.326 e. The van der Waals surface area contributed by atoms with Crippen LogP contribution in [0.5, 0.6) is 0 Å². The average molecular weight is 193 g/mol. The molecular weight excluding hydrogens is 186 g/mol. The molecule has 0 saturated carbocycles. The maximum Gasteiger partial charge on any atom is 0.316 e. The van der Waals surface area contributed by atoms with Crippen molar-refractivity contribution in [3.05, 3.63) is 0 Å². The van der Waals surface area contributed by atoms with Crippen molar-refractivity contribution in [1.29, 1.82) is 0 Å². The molecule has 0 spiro atoms. The summed E-state index contributed by atoms with van der Waals surface area (Å²) < 4.78 is 14.4. The van der Waals surface area contributed by atoms with Gasteiger partial charge in [-0.25, -0.2) is 0 Å². The smallest absolute Gasteiger partial charge is 0.316 e. The molecule has 0 heterocycles. The van der Waals surface area contributed by atoms with E-state index in [1.165, 1.54) is 0 Å². The van der Waals surface area contributed by atoms with E-state index in [9.17, 15) is 4.57 Å². The molecule has 56 valence electrons. The highest BCUT2D eigenvalue weighted by molar-refractivity contribution is 7.32. The first-order valence-electron chi connectivity index (χ1n) is 2.22. The zero-order valence-electron chi connectivity index (χ0n) is 4.51. The van der Waals surface area contributed by atoms with Gasteiger partial charge in [0.2, 0.25) is 0 Å². The van der Waals surface area contributed by atoms with Gasteiger partial charge >= 0.3 is 8.25 Å². The number of halogens is 2. The van der Waals surface area contributed by atoms with Gasteiger partial charge in [-0.3, -0.25) is 4.57 Å². The molecule has 0 fully saturated rings. The maximum absolute atomic E-state index is 9.97. The van der Waals surface area contributed by atoms with Crippen LogP contribution < -0.4 is 0 Å². The molecule has 1 unspecified atom stereocenters. The topological polar surface area (TPSA) is 46.5 Å². The Hall–Kier alpha value is 0.730. The lowest BCUT2D eigenvalue weighted by Gasteiger charge is -2.06. The van der Waals surface area contributed by atoms with Crippen LogP contribution in [-0.4, -0.2) is 22.8 Å². The van der Waals surface area contributed by atoms with Crippen LogP contribution in [0.3, 0.4) is 0 Å². The Morgan fingerprint density at radius 1 is 1.56 bits per heavy atom. The Morgan fingerprint density at radius 3 is 2.11 bits per heavy atom. The van der Waals surface area contributed by atoms with Gasteiger partial charge in [0.15, 0.2) is 0 Å². The first-order valence-corrected chi connectivity index (χ1v) is 4.55. The summed E-state index contributed by atoms with van der Waals surface area (Å²) in [6.07, 6.45) is -0.510. The second-order valence-corrected chi connectivity index (χ2v) is 2.70. The van der Waals surface area contributed by atoms with Gasteiger partial charge in [-0.05, 0) is 0 Å². The highest BCUT2D eigenvalue weighted by atomic mass is 35.5. The molecule has 0 aliphatic heterocycles. The normalized spacial score (nSPS) is 14.2. The zero-order chi connectivity index (χ0) is 7.28. The van der Waals surface area contributed by atoms with Crippen LogP contribution >= 0.6 is 31.5 Å². The third-order valence-corrected chi connectivity index (χ3v) is 1.84. The number of hydrogen-bond donors (Lipinski definition) is 1. The lowest BCUT2D eigenvalue weighted by molar-refractivity contribution is 0.228. The molecule has 6 heteroatoms. The molecule has 1 N–H and O–H groups in total. The van der Waals surface area contributed by atoms with Crippen LogP contribution in [0, 0.1) is 0 Å². The van der Waals surface area contributed by atoms with Gasteiger partial charge < -0.3 is 9.42 Å². The fraction of sp³-hybridized carbons (Fsp3) is 1.00. The minimum atomic E-state index is -2.88. The molecule has 0 bridgehead atoms. The zero-order valence-corrected chi connectivity index (χ0v) is 7.02. The van der Waals surface area contributed by atoms with Gasteiger partial charge in [0.05, 0.1) is 17.9 Å². The summed E-state index contributed by atoms with van der Waals surface area (Å²) in [6.45, 7) is 0. The van der Waals surface area contributed by atoms with Crippen LogP contribution in [0.4, 0.5) is 0 Å². The van der Waals surface area contributed by atoms with Gasteiger partial charge in [-0.15, -0.1) is 23.2 Å². The Balaban J connectivity index is 3.43. The Morgan fingerprint density at radius 2 is 2.00 bits per heavy atom. The van der Waals surface area contributed by atoms with Crippen molar-refractivity contribution in [2.24, 2.45) is 0 Å². The number of rotatable bonds is 4. The molecule has 0 radical (unpaired) electrons. The molecule has 0 aromatic rings. The van der Waals surface area contributed by atoms with Crippen molar-refractivity contribution < 1.29 is 14.0 Å². The standard InChI is InChI=1S/C3H7Cl2O3P/c4-1-3(2-5)8-9(6)7/h3,9H,1-2H2,(H,6,7). The molecule has 0 aliphatic carbocycles. The SMILES string of the molecule is O=[PH](O)OC(CCl)CCl. The molecule has 0 rings (SSSR count). The third-order valence-electron chi connectivity index (χ3n) is 0.612. The first kappa shape index (κ1) is 9.73. The van der Waals surface area contributed by atoms with E-state index < -0.39 is 14.4 Å². The minimum absolute atomic E-state index is 0.139. The van der Waals surface area contributed by atoms with Crippen LogP contribution in [0.2, 0.25) is 0 Å². The second kappa shape index (κ2) is 5.51.